The Morgan fingerprint density at radius 3 is 2.40 bits per heavy atom. The van der Waals surface area contributed by atoms with E-state index in [2.05, 4.69) is 16.4 Å². The van der Waals surface area contributed by atoms with E-state index in [0.29, 0.717) is 0 Å². The molecule has 0 aliphatic carbocycles. The minimum absolute atomic E-state index is 1.25. The molecule has 0 rings (SSSR count). The summed E-state index contributed by atoms with van der Waals surface area (Å²) in [6, 6.07) is 0. The summed E-state index contributed by atoms with van der Waals surface area (Å²) in [6.07, 6.45) is 1.59. The Morgan fingerprint density at radius 2 is 2.40 bits per heavy atom. The maximum absolute atomic E-state index is 3.39. The van der Waals surface area contributed by atoms with Crippen molar-refractivity contribution in [1.82, 2.24) is 0 Å². The van der Waals surface area contributed by atoms with Gasteiger partial charge < -0.3 is 0 Å². The van der Waals surface area contributed by atoms with E-state index in [9.17, 15) is 0 Å². The minimum atomic E-state index is 1.25. The summed E-state index contributed by atoms with van der Waals surface area (Å²) >= 11 is 1.25. The Hall–Kier alpha value is 0.0987. The zero-order valence-electron chi connectivity index (χ0n) is 2.78. The molecule has 3 radical (unpaired) electrons. The van der Waals surface area contributed by atoms with E-state index in [1.54, 1.807) is 6.08 Å². The van der Waals surface area contributed by atoms with Crippen LogP contribution in [0.25, 0.3) is 0 Å². The van der Waals surface area contributed by atoms with Gasteiger partial charge in [-0.2, -0.15) is 0 Å². The first kappa shape index (κ1) is 5.10. The van der Waals surface area contributed by atoms with Crippen LogP contribution in [0.15, 0.2) is 12.7 Å². The van der Waals surface area contributed by atoms with Crippen LogP contribution in [0.1, 0.15) is 0 Å². The monoisotopic (exact) mass is 171 g/mol. The third kappa shape index (κ3) is 4.10. The third-order valence-corrected chi connectivity index (χ3v) is 0.586. The van der Waals surface area contributed by atoms with Crippen LogP contribution in [0.3, 0.4) is 0 Å². The van der Waals surface area contributed by atoms with Crippen molar-refractivity contribution in [2.75, 3.05) is 0 Å². The topological polar surface area (TPSA) is 0 Å². The van der Waals surface area contributed by atoms with Crippen molar-refractivity contribution >= 4 is 22.5 Å². The van der Waals surface area contributed by atoms with Crippen molar-refractivity contribution in [1.29, 1.82) is 0 Å². The molecule has 0 unspecified atom stereocenters. The van der Waals surface area contributed by atoms with E-state index < -0.39 is 0 Å². The van der Waals surface area contributed by atoms with Crippen LogP contribution in [0.5, 0.6) is 0 Å². The Balaban J connectivity index is 3.16. The van der Waals surface area contributed by atoms with Gasteiger partial charge in [-0.1, -0.05) is 0 Å². The van der Waals surface area contributed by atoms with Gasteiger partial charge in [0.2, 0.25) is 0 Å². The van der Waals surface area contributed by atoms with Crippen molar-refractivity contribution in [2.24, 2.45) is 0 Å². The van der Waals surface area contributed by atoms with Crippen molar-refractivity contribution in [3.05, 3.63) is 12.7 Å². The molecule has 1 heteroatoms. The van der Waals surface area contributed by atoms with Crippen LogP contribution in [0, 0.1) is 9.86 Å². The van der Waals surface area contributed by atoms with Gasteiger partial charge in [-0.15, -0.1) is 0 Å². The molecule has 0 aromatic carbocycles. The fourth-order valence-corrected chi connectivity index (χ4v) is 0.342. The zero-order chi connectivity index (χ0) is 4.12. The summed E-state index contributed by atoms with van der Waals surface area (Å²) in [5.41, 5.74) is 0. The summed E-state index contributed by atoms with van der Waals surface area (Å²) in [5.74, 6) is 2.66. The fourth-order valence-electron chi connectivity index (χ4n) is 0.0510. The zero-order valence-corrected chi connectivity index (χ0v) is 5.64. The molecule has 0 saturated carbocycles. The first-order valence-electron chi connectivity index (χ1n) is 1.20. The molecule has 0 saturated heterocycles. The second-order valence-electron chi connectivity index (χ2n) is 0.473. The van der Waals surface area contributed by atoms with Crippen LogP contribution in [-0.4, -0.2) is 22.5 Å². The second kappa shape index (κ2) is 4.10. The maximum atomic E-state index is 3.39. The van der Waals surface area contributed by atoms with E-state index >= 15 is 0 Å². The van der Waals surface area contributed by atoms with Gasteiger partial charge in [-0.05, 0) is 0 Å². The number of hydrogen-bond acceptors (Lipinski definition) is 0. The van der Waals surface area contributed by atoms with E-state index in [1.165, 1.54) is 22.5 Å². The normalized spacial score (nSPS) is 4.20. The molecule has 23 valence electrons. The molecule has 5 heavy (non-hydrogen) atoms. The molecule has 0 N–H and O–H groups in total. The van der Waals surface area contributed by atoms with Gasteiger partial charge in [-0.3, -0.25) is 0 Å². The first-order chi connectivity index (χ1) is 2.41. The van der Waals surface area contributed by atoms with Crippen molar-refractivity contribution in [2.45, 2.75) is 0 Å². The predicted octanol–water partition coefficient (Wildman–Crippen LogP) is 0.302. The summed E-state index contributed by atoms with van der Waals surface area (Å²) < 4.78 is 2.74. The first-order valence-corrected chi connectivity index (χ1v) is 2.62. The third-order valence-electron chi connectivity index (χ3n) is 0.174. The van der Waals surface area contributed by atoms with Gasteiger partial charge in [0.15, 0.2) is 0 Å². The summed E-state index contributed by atoms with van der Waals surface area (Å²) in [5, 5.41) is 0. The SMILES string of the molecule is C=CC#[C][Sn]. The Morgan fingerprint density at radius 1 is 1.80 bits per heavy atom. The second-order valence-corrected chi connectivity index (χ2v) is 1.19. The molecule has 0 amide bonds. The van der Waals surface area contributed by atoms with Crippen LogP contribution >= 0.6 is 0 Å². The Kier molecular flexibility index (Phi) is 4.18. The van der Waals surface area contributed by atoms with Gasteiger partial charge in [0.25, 0.3) is 0 Å². The average Bonchev–Trinajstić information content (AvgIpc) is 1.41. The predicted molar refractivity (Wildman–Crippen MR) is 23.7 cm³/mol. The van der Waals surface area contributed by atoms with Crippen LogP contribution < -0.4 is 0 Å². The number of hydrogen-bond donors (Lipinski definition) is 0. The summed E-state index contributed by atoms with van der Waals surface area (Å²) in [4.78, 5) is 0. The molecule has 0 aliphatic rings. The standard InChI is InChI=1S/C4H3.Sn/c1-3-4-2;/h3H,1H2;. The summed E-state index contributed by atoms with van der Waals surface area (Å²) in [6.45, 7) is 3.39. The van der Waals surface area contributed by atoms with E-state index in [0.717, 1.165) is 0 Å². The molecule has 0 aliphatic heterocycles. The molecule has 0 aromatic heterocycles. The molecule has 0 fully saturated rings. The van der Waals surface area contributed by atoms with Crippen LogP contribution in [-0.2, 0) is 0 Å². The molecule has 0 spiro atoms. The molecule has 0 bridgehead atoms. The average molecular weight is 170 g/mol. The van der Waals surface area contributed by atoms with Crippen molar-refractivity contribution in [3.8, 4) is 9.86 Å². The Bertz CT molecular complexity index is 73.4. The molecule has 0 aromatic rings. The Labute approximate surface area is 45.4 Å². The van der Waals surface area contributed by atoms with Crippen LogP contribution in [0.2, 0.25) is 0 Å². The molecule has 0 nitrogen and oxygen atoms in total. The van der Waals surface area contributed by atoms with Gasteiger partial charge in [-0.25, -0.2) is 0 Å². The van der Waals surface area contributed by atoms with Gasteiger partial charge >= 0.3 is 45.0 Å². The van der Waals surface area contributed by atoms with E-state index in [-0.39, 0.29) is 0 Å². The quantitative estimate of drug-likeness (QED) is 0.362. The number of rotatable bonds is 0. The fraction of sp³-hybridized carbons (Fsp3) is 0. The van der Waals surface area contributed by atoms with Gasteiger partial charge in [0, 0.05) is 0 Å². The molecule has 0 atom stereocenters. The van der Waals surface area contributed by atoms with E-state index in [1.807, 2.05) is 0 Å². The van der Waals surface area contributed by atoms with Crippen molar-refractivity contribution in [3.63, 3.8) is 0 Å². The van der Waals surface area contributed by atoms with E-state index in [4.69, 9.17) is 0 Å². The van der Waals surface area contributed by atoms with Crippen molar-refractivity contribution < 1.29 is 0 Å². The molecular weight excluding hydrogens is 167 g/mol. The molecule has 0 heterocycles. The van der Waals surface area contributed by atoms with Gasteiger partial charge in [0.1, 0.15) is 0 Å². The van der Waals surface area contributed by atoms with Gasteiger partial charge in [0.05, 0.1) is 0 Å². The van der Waals surface area contributed by atoms with Crippen LogP contribution in [0.4, 0.5) is 0 Å². The summed E-state index contributed by atoms with van der Waals surface area (Å²) in [7, 11) is 0. The number of allylic oxidation sites excluding steroid dienone is 1. The molecular formula is C4H3Sn.